The van der Waals surface area contributed by atoms with Crippen LogP contribution < -0.4 is 11.0 Å². The highest BCUT2D eigenvalue weighted by molar-refractivity contribution is 7.10. The molecule has 4 aromatic carbocycles. The highest BCUT2D eigenvalue weighted by atomic mass is 32.1. The fraction of sp³-hybridized carbons (Fsp3) is 0.190. The second kappa shape index (κ2) is 17.5. The third-order valence-corrected chi connectivity index (χ3v) is 10.8. The SMILES string of the molecule is O[C@@H](CN=C1C[C@@H](c2cc(-c3ccccc3)cs2)ON1)c1ccccc1.O[C@@H](CN=C1C[C@H](c2cc(-c3ccccc3)cs2)ON1)c1ccccc1. The first kappa shape index (κ1) is 35.5. The predicted molar refractivity (Wildman–Crippen MR) is 210 cm³/mol. The maximum Gasteiger partial charge on any atom is 0.127 e. The summed E-state index contributed by atoms with van der Waals surface area (Å²) in [5, 5.41) is 24.7. The average Bonchev–Trinajstić information content (AvgIpc) is 4.05. The Morgan fingerprint density at radius 3 is 1.29 bits per heavy atom. The van der Waals surface area contributed by atoms with Crippen molar-refractivity contribution >= 4 is 34.3 Å². The smallest absolute Gasteiger partial charge is 0.127 e. The Hall–Kier alpha value is -4.94. The second-order valence-corrected chi connectivity index (χ2v) is 14.3. The molecule has 2 aliphatic rings. The first-order chi connectivity index (χ1) is 25.6. The minimum atomic E-state index is -0.601. The van der Waals surface area contributed by atoms with Crippen molar-refractivity contribution in [3.05, 3.63) is 165 Å². The number of aliphatic imine (C=N–C) groups is 2. The summed E-state index contributed by atoms with van der Waals surface area (Å²) < 4.78 is 0. The van der Waals surface area contributed by atoms with Crippen LogP contribution in [0.1, 0.15) is 58.1 Å². The van der Waals surface area contributed by atoms with Gasteiger partial charge in [-0.15, -0.1) is 22.7 Å². The molecule has 8 nitrogen and oxygen atoms in total. The van der Waals surface area contributed by atoms with Crippen molar-refractivity contribution in [3.8, 4) is 22.3 Å². The molecule has 0 radical (unpaired) electrons. The van der Waals surface area contributed by atoms with Crippen molar-refractivity contribution in [2.45, 2.75) is 37.3 Å². The largest absolute Gasteiger partial charge is 0.386 e. The highest BCUT2D eigenvalue weighted by Gasteiger charge is 2.26. The summed E-state index contributed by atoms with van der Waals surface area (Å²) in [5.41, 5.74) is 12.4. The minimum absolute atomic E-state index is 0.0370. The van der Waals surface area contributed by atoms with Crippen LogP contribution >= 0.6 is 22.7 Å². The molecule has 52 heavy (non-hydrogen) atoms. The Morgan fingerprint density at radius 2 is 0.904 bits per heavy atom. The van der Waals surface area contributed by atoms with Crippen LogP contribution in [0.2, 0.25) is 0 Å². The fourth-order valence-corrected chi connectivity index (χ4v) is 7.76. The van der Waals surface area contributed by atoms with E-state index in [-0.39, 0.29) is 12.2 Å². The lowest BCUT2D eigenvalue weighted by Crippen LogP contribution is -2.14. The van der Waals surface area contributed by atoms with Crippen molar-refractivity contribution in [2.75, 3.05) is 13.1 Å². The van der Waals surface area contributed by atoms with E-state index in [1.807, 2.05) is 97.1 Å². The standard InChI is InChI=1S/2C21H20N2O2S/c2*24-18(16-9-5-2-6-10-16)13-22-21-12-19(25-23-21)20-11-17(14-26-20)15-7-3-1-4-8-15/h2*1-11,14,18-19,24H,12-13H2,(H,22,23)/t18-,19+;18-,19-/m00/s1. The van der Waals surface area contributed by atoms with E-state index in [1.54, 1.807) is 22.7 Å². The lowest BCUT2D eigenvalue weighted by Gasteiger charge is -2.07. The molecular weight excluding hydrogens is 689 g/mol. The van der Waals surface area contributed by atoms with Gasteiger partial charge in [-0.25, -0.2) is 0 Å². The molecule has 2 fully saturated rings. The summed E-state index contributed by atoms with van der Waals surface area (Å²) in [6, 6.07) is 44.2. The molecule has 2 aromatic heterocycles. The third kappa shape index (κ3) is 9.29. The van der Waals surface area contributed by atoms with E-state index in [1.165, 1.54) is 32.0 Å². The lowest BCUT2D eigenvalue weighted by atomic mass is 10.1. The zero-order chi connectivity index (χ0) is 35.5. The molecule has 0 amide bonds. The van der Waals surface area contributed by atoms with Crippen LogP contribution in [-0.2, 0) is 9.68 Å². The van der Waals surface area contributed by atoms with E-state index in [0.717, 1.165) is 22.8 Å². The van der Waals surface area contributed by atoms with E-state index in [9.17, 15) is 10.2 Å². The molecule has 0 bridgehead atoms. The van der Waals surface area contributed by atoms with Gasteiger partial charge in [-0.05, 0) is 56.3 Å². The van der Waals surface area contributed by atoms with Crippen LogP contribution in [0.4, 0.5) is 0 Å². The van der Waals surface area contributed by atoms with Crippen molar-refractivity contribution < 1.29 is 19.9 Å². The summed E-state index contributed by atoms with van der Waals surface area (Å²) in [7, 11) is 0. The Kier molecular flexibility index (Phi) is 11.9. The van der Waals surface area contributed by atoms with E-state index >= 15 is 0 Å². The van der Waals surface area contributed by atoms with Gasteiger partial charge in [0.05, 0.1) is 25.3 Å². The molecule has 0 saturated carbocycles. The first-order valence-electron chi connectivity index (χ1n) is 17.2. The van der Waals surface area contributed by atoms with Crippen LogP contribution in [-0.4, -0.2) is 35.0 Å². The molecule has 6 aromatic rings. The topological polar surface area (TPSA) is 108 Å². The quantitative estimate of drug-likeness (QED) is 0.112. The molecule has 0 spiro atoms. The molecule has 4 atom stereocenters. The molecule has 0 unspecified atom stereocenters. The summed E-state index contributed by atoms with van der Waals surface area (Å²) in [4.78, 5) is 22.7. The van der Waals surface area contributed by atoms with Gasteiger partial charge in [0.1, 0.15) is 23.9 Å². The van der Waals surface area contributed by atoms with E-state index in [0.29, 0.717) is 25.9 Å². The third-order valence-electron chi connectivity index (χ3n) is 8.76. The lowest BCUT2D eigenvalue weighted by molar-refractivity contribution is 0.0469. The van der Waals surface area contributed by atoms with Gasteiger partial charge in [0.25, 0.3) is 0 Å². The molecule has 2 saturated heterocycles. The summed E-state index contributed by atoms with van der Waals surface area (Å²) in [6.07, 6.45) is 0.106. The molecule has 2 aliphatic heterocycles. The first-order valence-corrected chi connectivity index (χ1v) is 19.0. The van der Waals surface area contributed by atoms with Crippen molar-refractivity contribution in [1.82, 2.24) is 11.0 Å². The van der Waals surface area contributed by atoms with Gasteiger partial charge in [-0.3, -0.25) is 30.6 Å². The predicted octanol–water partition coefficient (Wildman–Crippen LogP) is 9.03. The Bertz CT molecular complexity index is 1900. The molecule has 0 aliphatic carbocycles. The van der Waals surface area contributed by atoms with E-state index < -0.39 is 12.2 Å². The number of nitrogens with one attached hydrogen (secondary N) is 2. The number of hydrogen-bond acceptors (Lipinski definition) is 8. The van der Waals surface area contributed by atoms with Crippen molar-refractivity contribution in [2.24, 2.45) is 9.98 Å². The number of amidine groups is 2. The molecule has 10 heteroatoms. The van der Waals surface area contributed by atoms with Gasteiger partial charge in [0, 0.05) is 22.6 Å². The number of benzene rings is 4. The zero-order valence-corrected chi connectivity index (χ0v) is 30.0. The molecular formula is C42H40N4O4S2. The maximum atomic E-state index is 10.2. The number of aliphatic hydroxyl groups is 2. The number of rotatable bonds is 10. The molecule has 8 rings (SSSR count). The number of hydrogen-bond donors (Lipinski definition) is 4. The van der Waals surface area contributed by atoms with Crippen LogP contribution in [0.15, 0.2) is 154 Å². The summed E-state index contributed by atoms with van der Waals surface area (Å²) in [5.74, 6) is 1.55. The molecule has 264 valence electrons. The highest BCUT2D eigenvalue weighted by Crippen LogP contribution is 2.35. The van der Waals surface area contributed by atoms with Gasteiger partial charge in [-0.1, -0.05) is 121 Å². The average molecular weight is 729 g/mol. The normalized spacial score (nSPS) is 19.4. The fourth-order valence-electron chi connectivity index (χ4n) is 5.87. The van der Waals surface area contributed by atoms with Crippen molar-refractivity contribution in [3.63, 3.8) is 0 Å². The van der Waals surface area contributed by atoms with Crippen LogP contribution in [0, 0.1) is 0 Å². The molecule has 4 N–H and O–H groups in total. The molecule has 4 heterocycles. The monoisotopic (exact) mass is 728 g/mol. The van der Waals surface area contributed by atoms with Gasteiger partial charge in [0.2, 0.25) is 0 Å². The van der Waals surface area contributed by atoms with Gasteiger partial charge >= 0.3 is 0 Å². The van der Waals surface area contributed by atoms with Gasteiger partial charge in [0.15, 0.2) is 0 Å². The zero-order valence-electron chi connectivity index (χ0n) is 28.4. The van der Waals surface area contributed by atoms with Gasteiger partial charge in [-0.2, -0.15) is 0 Å². The number of aliphatic hydroxyl groups excluding tert-OH is 2. The number of hydroxylamine groups is 2. The van der Waals surface area contributed by atoms with E-state index in [4.69, 9.17) is 9.68 Å². The van der Waals surface area contributed by atoms with Crippen LogP contribution in [0.3, 0.4) is 0 Å². The Morgan fingerprint density at radius 1 is 0.538 bits per heavy atom. The van der Waals surface area contributed by atoms with Crippen LogP contribution in [0.5, 0.6) is 0 Å². The maximum absolute atomic E-state index is 10.2. The van der Waals surface area contributed by atoms with Gasteiger partial charge < -0.3 is 10.2 Å². The van der Waals surface area contributed by atoms with Crippen molar-refractivity contribution in [1.29, 1.82) is 0 Å². The number of nitrogens with zero attached hydrogens (tertiary/aromatic N) is 2. The van der Waals surface area contributed by atoms with Crippen LogP contribution in [0.25, 0.3) is 22.3 Å². The summed E-state index contributed by atoms with van der Waals surface area (Å²) in [6.45, 7) is 0.643. The number of thiophene rings is 2. The second-order valence-electron chi connectivity index (χ2n) is 12.5. The Balaban J connectivity index is 0.000000162. The minimum Gasteiger partial charge on any atom is -0.386 e. The summed E-state index contributed by atoms with van der Waals surface area (Å²) >= 11 is 3.39. The van der Waals surface area contributed by atoms with E-state index in [2.05, 4.69) is 68.1 Å². The Labute approximate surface area is 311 Å².